The highest BCUT2D eigenvalue weighted by Gasteiger charge is 2.42. The molecule has 1 saturated carbocycles. The molecule has 2 N–H and O–H groups in total. The van der Waals surface area contributed by atoms with Crippen LogP contribution in [0.4, 0.5) is 26.3 Å². The maximum atomic E-state index is 14.2. The molecule has 0 bridgehead atoms. The molecule has 1 atom stereocenters. The minimum atomic E-state index is -4.67. The molecule has 0 aliphatic heterocycles. The molecule has 0 heterocycles. The molecular weight excluding hydrogens is 412 g/mol. The Kier molecular flexibility index (Phi) is 6.99. The van der Waals surface area contributed by atoms with Crippen LogP contribution in [0.2, 0.25) is 0 Å². The van der Waals surface area contributed by atoms with E-state index in [0.29, 0.717) is 12.8 Å². The molecule has 0 spiro atoms. The van der Waals surface area contributed by atoms with Crippen LogP contribution in [-0.4, -0.2) is 42.1 Å². The number of benzene rings is 1. The van der Waals surface area contributed by atoms with Crippen molar-refractivity contribution in [3.05, 3.63) is 53.5 Å². The van der Waals surface area contributed by atoms with Gasteiger partial charge in [-0.1, -0.05) is 24.8 Å². The second kappa shape index (κ2) is 8.93. The second-order valence-electron chi connectivity index (χ2n) is 6.84. The highest BCUT2D eigenvalue weighted by molar-refractivity contribution is 6.22. The summed E-state index contributed by atoms with van der Waals surface area (Å²) in [7, 11) is 1.06. The summed E-state index contributed by atoms with van der Waals surface area (Å²) >= 11 is 0. The Morgan fingerprint density at radius 2 is 1.83 bits per heavy atom. The summed E-state index contributed by atoms with van der Waals surface area (Å²) in [6, 6.07) is 3.12. The first-order valence-corrected chi connectivity index (χ1v) is 9.04. The molecule has 1 aliphatic carbocycles. The fourth-order valence-corrected chi connectivity index (χ4v) is 3.10. The molecule has 1 amide bonds. The third-order valence-electron chi connectivity index (χ3n) is 4.82. The number of carbonyl (C=O) groups is 1. The van der Waals surface area contributed by atoms with Gasteiger partial charge in [0.15, 0.2) is 0 Å². The van der Waals surface area contributed by atoms with Crippen LogP contribution >= 0.6 is 0 Å². The number of nitrogens with one attached hydrogen (secondary N) is 2. The lowest BCUT2D eigenvalue weighted by molar-refractivity contribution is -0.137. The molecule has 30 heavy (non-hydrogen) atoms. The van der Waals surface area contributed by atoms with Crippen molar-refractivity contribution in [3.8, 4) is 0 Å². The van der Waals surface area contributed by atoms with Crippen LogP contribution in [0.3, 0.4) is 0 Å². The topological polar surface area (TPSA) is 56.2 Å². The third kappa shape index (κ3) is 4.85. The number of halogens is 6. The van der Waals surface area contributed by atoms with Gasteiger partial charge in [0, 0.05) is 13.1 Å². The van der Waals surface area contributed by atoms with Crippen molar-refractivity contribution in [2.45, 2.75) is 44.5 Å². The molecule has 4 nitrogen and oxygen atoms in total. The van der Waals surface area contributed by atoms with Gasteiger partial charge in [0.25, 0.3) is 12.3 Å². The fraction of sp³-hybridized carbons (Fsp3) is 0.400. The predicted molar refractivity (Wildman–Crippen MR) is 101 cm³/mol. The van der Waals surface area contributed by atoms with E-state index in [1.807, 2.05) is 5.32 Å². The van der Waals surface area contributed by atoms with E-state index in [2.05, 4.69) is 6.58 Å². The van der Waals surface area contributed by atoms with Crippen molar-refractivity contribution < 1.29 is 31.1 Å². The molecule has 1 aromatic carbocycles. The molecule has 10 heteroatoms. The van der Waals surface area contributed by atoms with Crippen molar-refractivity contribution in [1.29, 1.82) is 5.41 Å². The molecule has 1 aromatic rings. The van der Waals surface area contributed by atoms with Crippen molar-refractivity contribution in [3.63, 3.8) is 0 Å². The predicted octanol–water partition coefficient (Wildman–Crippen LogP) is 4.78. The Labute approximate surface area is 169 Å². The third-order valence-corrected chi connectivity index (χ3v) is 4.82. The van der Waals surface area contributed by atoms with E-state index in [-0.39, 0.29) is 11.1 Å². The van der Waals surface area contributed by atoms with Gasteiger partial charge in [-0.05, 0) is 37.0 Å². The van der Waals surface area contributed by atoms with Crippen molar-refractivity contribution >= 4 is 17.2 Å². The summed E-state index contributed by atoms with van der Waals surface area (Å²) in [5, 5.41) is 9.39. The Balaban J connectivity index is 2.48. The Hall–Kier alpha value is -2.78. The quantitative estimate of drug-likeness (QED) is 0.268. The van der Waals surface area contributed by atoms with E-state index in [1.165, 1.54) is 25.1 Å². The monoisotopic (exact) mass is 433 g/mol. The maximum absolute atomic E-state index is 14.2. The first-order valence-electron chi connectivity index (χ1n) is 9.04. The molecular formula is C20H21F6N3O. The van der Waals surface area contributed by atoms with E-state index in [4.69, 9.17) is 5.41 Å². The zero-order valence-corrected chi connectivity index (χ0v) is 16.3. The molecule has 1 aliphatic rings. The molecule has 1 unspecified atom stereocenters. The standard InChI is InChI=1S/C20H21F6N3O/c1-10(13-6-4-5-7-14(13)20(24,25)26)11(2)29(12-8-9-12)19(30)15(18(23)28-3)16(27)17(21)22/h4-7,11-12,17,27-28H,1,8-9H2,2-3H3/b18-15+,27-16?. The molecule has 164 valence electrons. The van der Waals surface area contributed by atoms with Gasteiger partial charge in [0.2, 0.25) is 5.95 Å². The van der Waals surface area contributed by atoms with E-state index in [9.17, 15) is 31.1 Å². The SMILES string of the molecule is C=C(c1ccccc1C(F)(F)F)C(C)N(C(=O)/C(C(=N)C(F)F)=C(\F)NC)C1CC1. The maximum Gasteiger partial charge on any atom is 0.416 e. The van der Waals surface area contributed by atoms with Gasteiger partial charge >= 0.3 is 6.18 Å². The number of hydrogen-bond acceptors (Lipinski definition) is 3. The summed E-state index contributed by atoms with van der Waals surface area (Å²) in [5.74, 6) is -2.61. The first-order chi connectivity index (χ1) is 13.9. The summed E-state index contributed by atoms with van der Waals surface area (Å²) < 4.78 is 80.4. The van der Waals surface area contributed by atoms with Gasteiger partial charge in [0.05, 0.1) is 11.6 Å². The lowest BCUT2D eigenvalue weighted by Crippen LogP contribution is -2.44. The fourth-order valence-electron chi connectivity index (χ4n) is 3.10. The van der Waals surface area contributed by atoms with Crippen LogP contribution in [0.5, 0.6) is 0 Å². The number of nitrogens with zero attached hydrogens (tertiary/aromatic N) is 1. The zero-order chi connectivity index (χ0) is 22.8. The van der Waals surface area contributed by atoms with Crippen molar-refractivity contribution in [2.75, 3.05) is 7.05 Å². The van der Waals surface area contributed by atoms with E-state index in [1.54, 1.807) is 0 Å². The second-order valence-corrected chi connectivity index (χ2v) is 6.84. The Bertz CT molecular complexity index is 874. The smallest absolute Gasteiger partial charge is 0.364 e. The van der Waals surface area contributed by atoms with Crippen LogP contribution in [0.15, 0.2) is 42.4 Å². The minimum Gasteiger partial charge on any atom is -0.364 e. The van der Waals surface area contributed by atoms with Crippen LogP contribution in [0.25, 0.3) is 5.57 Å². The van der Waals surface area contributed by atoms with Gasteiger partial charge in [-0.3, -0.25) is 10.2 Å². The summed E-state index contributed by atoms with van der Waals surface area (Å²) in [6.45, 7) is 5.09. The molecule has 0 saturated heterocycles. The highest BCUT2D eigenvalue weighted by atomic mass is 19.4. The van der Waals surface area contributed by atoms with Crippen LogP contribution < -0.4 is 5.32 Å². The van der Waals surface area contributed by atoms with Gasteiger partial charge in [-0.2, -0.15) is 17.6 Å². The minimum absolute atomic E-state index is 0.0732. The number of hydrogen-bond donors (Lipinski definition) is 2. The molecule has 1 fully saturated rings. The number of amides is 1. The van der Waals surface area contributed by atoms with Crippen molar-refractivity contribution in [1.82, 2.24) is 10.2 Å². The van der Waals surface area contributed by atoms with Gasteiger partial charge in [0.1, 0.15) is 11.3 Å². The molecule has 0 aromatic heterocycles. The number of carbonyl (C=O) groups excluding carboxylic acids is 1. The van der Waals surface area contributed by atoms with Gasteiger partial charge in [-0.25, -0.2) is 8.78 Å². The normalized spacial score (nSPS) is 16.0. The number of rotatable bonds is 8. The summed E-state index contributed by atoms with van der Waals surface area (Å²) in [5.41, 5.74) is -3.94. The summed E-state index contributed by atoms with van der Waals surface area (Å²) in [4.78, 5) is 14.0. The van der Waals surface area contributed by atoms with E-state index < -0.39 is 53.4 Å². The largest absolute Gasteiger partial charge is 0.416 e. The average molecular weight is 433 g/mol. The first kappa shape index (κ1) is 23.5. The lowest BCUT2D eigenvalue weighted by atomic mass is 9.94. The van der Waals surface area contributed by atoms with Gasteiger partial charge in [-0.15, -0.1) is 0 Å². The average Bonchev–Trinajstić information content (AvgIpc) is 3.51. The lowest BCUT2D eigenvalue weighted by Gasteiger charge is -2.32. The van der Waals surface area contributed by atoms with Crippen molar-refractivity contribution in [2.24, 2.45) is 0 Å². The molecule has 2 rings (SSSR count). The van der Waals surface area contributed by atoms with E-state index in [0.717, 1.165) is 18.0 Å². The van der Waals surface area contributed by atoms with Gasteiger partial charge < -0.3 is 10.2 Å². The van der Waals surface area contributed by atoms with Crippen LogP contribution in [0.1, 0.15) is 30.9 Å². The highest BCUT2D eigenvalue weighted by Crippen LogP contribution is 2.39. The van der Waals surface area contributed by atoms with Crippen LogP contribution in [0, 0.1) is 5.41 Å². The Morgan fingerprint density at radius 3 is 2.30 bits per heavy atom. The number of alkyl halides is 5. The zero-order valence-electron chi connectivity index (χ0n) is 16.3. The van der Waals surface area contributed by atoms with Crippen LogP contribution in [-0.2, 0) is 11.0 Å². The summed E-state index contributed by atoms with van der Waals surface area (Å²) in [6.07, 6.45) is -7.13. The molecule has 0 radical (unpaired) electrons. The Morgan fingerprint density at radius 1 is 1.27 bits per heavy atom. The van der Waals surface area contributed by atoms with E-state index >= 15 is 0 Å².